The summed E-state index contributed by atoms with van der Waals surface area (Å²) in [5.74, 6) is -0.000414. The van der Waals surface area contributed by atoms with E-state index in [0.29, 0.717) is 6.42 Å². The fraction of sp³-hybridized carbons (Fsp3) is 0.889. The van der Waals surface area contributed by atoms with Crippen LogP contribution in [0.4, 0.5) is 0 Å². The van der Waals surface area contributed by atoms with Gasteiger partial charge < -0.3 is 9.64 Å². The molecule has 0 aromatic rings. The second-order valence-corrected chi connectivity index (χ2v) is 3.96. The van der Waals surface area contributed by atoms with Crippen molar-refractivity contribution in [3.63, 3.8) is 0 Å². The number of likely N-dealkylation sites (tertiary alicyclic amines) is 1. The number of hydrogen-bond acceptors (Lipinski definition) is 3. The van der Waals surface area contributed by atoms with Crippen molar-refractivity contribution < 1.29 is 9.53 Å². The highest BCUT2D eigenvalue weighted by Gasteiger charge is 2.41. The Labute approximate surface area is 72.7 Å². The molecule has 0 unspecified atom stereocenters. The molecule has 2 saturated heterocycles. The van der Waals surface area contributed by atoms with Crippen LogP contribution < -0.4 is 0 Å². The van der Waals surface area contributed by atoms with Crippen molar-refractivity contribution in [2.45, 2.75) is 31.3 Å². The van der Waals surface area contributed by atoms with Crippen LogP contribution in [0.2, 0.25) is 0 Å². The predicted octanol–water partition coefficient (Wildman–Crippen LogP) is 0.788. The third kappa shape index (κ3) is 1.33. The second-order valence-electron chi connectivity index (χ2n) is 3.96. The molecule has 2 aliphatic heterocycles. The molecule has 3 nitrogen and oxygen atoms in total. The van der Waals surface area contributed by atoms with Crippen molar-refractivity contribution in [3.05, 3.63) is 0 Å². The molecule has 0 radical (unpaired) electrons. The standard InChI is InChI=1S/C9H15NO2/c1-10-6-4-9(5-7-10)3-2-8(11)12-9/h2-7H2,1H3. The van der Waals surface area contributed by atoms with Gasteiger partial charge in [-0.3, -0.25) is 4.79 Å². The van der Waals surface area contributed by atoms with Gasteiger partial charge in [0.15, 0.2) is 0 Å². The van der Waals surface area contributed by atoms with Crippen molar-refractivity contribution >= 4 is 5.97 Å². The molecule has 0 amide bonds. The molecule has 0 aromatic heterocycles. The van der Waals surface area contributed by atoms with Crippen LogP contribution in [-0.2, 0) is 9.53 Å². The zero-order chi connectivity index (χ0) is 8.60. The van der Waals surface area contributed by atoms with Crippen LogP contribution in [0.3, 0.4) is 0 Å². The molecular weight excluding hydrogens is 154 g/mol. The Morgan fingerprint density at radius 1 is 1.33 bits per heavy atom. The summed E-state index contributed by atoms with van der Waals surface area (Å²) in [5, 5.41) is 0. The van der Waals surface area contributed by atoms with Crippen molar-refractivity contribution in [2.24, 2.45) is 0 Å². The van der Waals surface area contributed by atoms with Gasteiger partial charge in [-0.25, -0.2) is 0 Å². The number of rotatable bonds is 0. The maximum atomic E-state index is 11.0. The molecule has 0 saturated carbocycles. The fourth-order valence-corrected chi connectivity index (χ4v) is 2.05. The van der Waals surface area contributed by atoms with Crippen LogP contribution in [0.1, 0.15) is 25.7 Å². The molecule has 1 spiro atoms. The van der Waals surface area contributed by atoms with Gasteiger partial charge in [0.05, 0.1) is 0 Å². The normalized spacial score (nSPS) is 29.2. The lowest BCUT2D eigenvalue weighted by Crippen LogP contribution is -2.42. The molecule has 0 aromatic carbocycles. The van der Waals surface area contributed by atoms with Gasteiger partial charge >= 0.3 is 5.97 Å². The van der Waals surface area contributed by atoms with Crippen molar-refractivity contribution in [1.82, 2.24) is 4.90 Å². The van der Waals surface area contributed by atoms with Gasteiger partial charge in [-0.05, 0) is 26.3 Å². The van der Waals surface area contributed by atoms with E-state index in [1.807, 2.05) is 0 Å². The number of ether oxygens (including phenoxy) is 1. The van der Waals surface area contributed by atoms with Crippen molar-refractivity contribution in [2.75, 3.05) is 20.1 Å². The molecule has 0 atom stereocenters. The maximum absolute atomic E-state index is 11.0. The predicted molar refractivity (Wildman–Crippen MR) is 44.8 cm³/mol. The third-order valence-corrected chi connectivity index (χ3v) is 3.01. The van der Waals surface area contributed by atoms with E-state index in [4.69, 9.17) is 4.74 Å². The molecule has 2 heterocycles. The topological polar surface area (TPSA) is 29.5 Å². The number of hydrogen-bond donors (Lipinski definition) is 0. The van der Waals surface area contributed by atoms with E-state index in [1.54, 1.807) is 0 Å². The van der Waals surface area contributed by atoms with E-state index >= 15 is 0 Å². The highest BCUT2D eigenvalue weighted by Crippen LogP contribution is 2.35. The first-order chi connectivity index (χ1) is 5.70. The Balaban J connectivity index is 1.99. The lowest BCUT2D eigenvalue weighted by molar-refractivity contribution is -0.151. The summed E-state index contributed by atoms with van der Waals surface area (Å²) in [6.45, 7) is 2.13. The smallest absolute Gasteiger partial charge is 0.306 e. The second kappa shape index (κ2) is 2.73. The lowest BCUT2D eigenvalue weighted by Gasteiger charge is -2.36. The summed E-state index contributed by atoms with van der Waals surface area (Å²) in [6, 6.07) is 0. The molecule has 68 valence electrons. The first-order valence-electron chi connectivity index (χ1n) is 4.61. The minimum absolute atomic E-state index is 0.000414. The summed E-state index contributed by atoms with van der Waals surface area (Å²) in [4.78, 5) is 13.3. The summed E-state index contributed by atoms with van der Waals surface area (Å²) >= 11 is 0. The summed E-state index contributed by atoms with van der Waals surface area (Å²) in [5.41, 5.74) is -0.0659. The van der Waals surface area contributed by atoms with Crippen molar-refractivity contribution in [3.8, 4) is 0 Å². The Bertz CT molecular complexity index is 195. The maximum Gasteiger partial charge on any atom is 0.306 e. The van der Waals surface area contributed by atoms with Crippen molar-refractivity contribution in [1.29, 1.82) is 0 Å². The highest BCUT2D eigenvalue weighted by atomic mass is 16.6. The van der Waals surface area contributed by atoms with Gasteiger partial charge in [-0.2, -0.15) is 0 Å². The molecule has 0 aliphatic carbocycles. The van der Waals surface area contributed by atoms with Gasteiger partial charge in [0.1, 0.15) is 5.60 Å². The first-order valence-corrected chi connectivity index (χ1v) is 4.61. The number of esters is 1. The summed E-state index contributed by atoms with van der Waals surface area (Å²) in [7, 11) is 2.11. The molecule has 2 fully saturated rings. The van der Waals surface area contributed by atoms with Gasteiger partial charge in [-0.1, -0.05) is 0 Å². The van der Waals surface area contributed by atoms with Crippen LogP contribution >= 0.6 is 0 Å². The third-order valence-electron chi connectivity index (χ3n) is 3.01. The Kier molecular flexibility index (Phi) is 1.83. The first kappa shape index (κ1) is 8.05. The van der Waals surface area contributed by atoms with Crippen LogP contribution in [0, 0.1) is 0 Å². The van der Waals surface area contributed by atoms with E-state index in [1.165, 1.54) is 0 Å². The number of carbonyl (C=O) groups is 1. The van der Waals surface area contributed by atoms with Crippen LogP contribution in [0.25, 0.3) is 0 Å². The summed E-state index contributed by atoms with van der Waals surface area (Å²) < 4.78 is 5.37. The number of piperidine rings is 1. The van der Waals surface area contributed by atoms with E-state index in [0.717, 1.165) is 32.4 Å². The van der Waals surface area contributed by atoms with E-state index in [-0.39, 0.29) is 11.6 Å². The molecule has 3 heteroatoms. The lowest BCUT2D eigenvalue weighted by atomic mass is 9.89. The SMILES string of the molecule is CN1CCC2(CCC(=O)O2)CC1. The summed E-state index contributed by atoms with van der Waals surface area (Å²) in [6.07, 6.45) is 3.62. The van der Waals surface area contributed by atoms with Gasteiger partial charge in [0, 0.05) is 19.5 Å². The molecule has 2 aliphatic rings. The van der Waals surface area contributed by atoms with Crippen LogP contribution in [0.15, 0.2) is 0 Å². The van der Waals surface area contributed by atoms with Gasteiger partial charge in [0.2, 0.25) is 0 Å². The molecular formula is C9H15NO2. The van der Waals surface area contributed by atoms with E-state index in [2.05, 4.69) is 11.9 Å². The number of carbonyl (C=O) groups excluding carboxylic acids is 1. The van der Waals surface area contributed by atoms with Crippen LogP contribution in [-0.4, -0.2) is 36.6 Å². The molecule has 12 heavy (non-hydrogen) atoms. The average molecular weight is 169 g/mol. The monoisotopic (exact) mass is 169 g/mol. The van der Waals surface area contributed by atoms with Gasteiger partial charge in [0.25, 0.3) is 0 Å². The Morgan fingerprint density at radius 3 is 2.50 bits per heavy atom. The number of nitrogens with zero attached hydrogens (tertiary/aromatic N) is 1. The minimum atomic E-state index is -0.0659. The van der Waals surface area contributed by atoms with Gasteiger partial charge in [-0.15, -0.1) is 0 Å². The Hall–Kier alpha value is -0.570. The molecule has 0 N–H and O–H groups in total. The fourth-order valence-electron chi connectivity index (χ4n) is 2.05. The highest BCUT2D eigenvalue weighted by molar-refractivity contribution is 5.72. The zero-order valence-corrected chi connectivity index (χ0v) is 7.51. The largest absolute Gasteiger partial charge is 0.459 e. The average Bonchev–Trinajstić information content (AvgIpc) is 2.40. The van der Waals surface area contributed by atoms with E-state index in [9.17, 15) is 4.79 Å². The zero-order valence-electron chi connectivity index (χ0n) is 7.51. The Morgan fingerprint density at radius 2 is 2.00 bits per heavy atom. The molecule has 2 rings (SSSR count). The van der Waals surface area contributed by atoms with E-state index < -0.39 is 0 Å². The minimum Gasteiger partial charge on any atom is -0.459 e. The quantitative estimate of drug-likeness (QED) is 0.502. The molecule has 0 bridgehead atoms. The van der Waals surface area contributed by atoms with Crippen LogP contribution in [0.5, 0.6) is 0 Å².